The summed E-state index contributed by atoms with van der Waals surface area (Å²) < 4.78 is 10.8. The van der Waals surface area contributed by atoms with Crippen LogP contribution in [0.15, 0.2) is 18.2 Å². The molecule has 1 aromatic rings. The molecule has 2 atom stereocenters. The minimum Gasteiger partial charge on any atom is -0.487 e. The molecular formula is C13H18N2O4. The number of nitro groups is 1. The molecule has 1 saturated heterocycles. The molecule has 0 bridgehead atoms. The fraction of sp³-hybridized carbons (Fsp3) is 0.538. The number of nitrogens with one attached hydrogen (secondary N) is 1. The van der Waals surface area contributed by atoms with Gasteiger partial charge in [0.15, 0.2) is 5.75 Å². The first-order chi connectivity index (χ1) is 9.13. The number of hydrogen-bond acceptors (Lipinski definition) is 5. The van der Waals surface area contributed by atoms with Crippen molar-refractivity contribution in [1.29, 1.82) is 0 Å². The average Bonchev–Trinajstić information content (AvgIpc) is 2.75. The van der Waals surface area contributed by atoms with Crippen molar-refractivity contribution < 1.29 is 14.4 Å². The summed E-state index contributed by atoms with van der Waals surface area (Å²) >= 11 is 0. The van der Waals surface area contributed by atoms with E-state index in [0.29, 0.717) is 24.7 Å². The van der Waals surface area contributed by atoms with Crippen molar-refractivity contribution >= 4 is 11.4 Å². The van der Waals surface area contributed by atoms with Gasteiger partial charge in [-0.1, -0.05) is 6.07 Å². The molecule has 2 rings (SSSR count). The first-order valence-electron chi connectivity index (χ1n) is 6.41. The second-order valence-corrected chi connectivity index (χ2v) is 4.46. The maximum absolute atomic E-state index is 11.2. The van der Waals surface area contributed by atoms with E-state index in [-0.39, 0.29) is 17.8 Å². The molecular weight excluding hydrogens is 248 g/mol. The quantitative estimate of drug-likeness (QED) is 0.655. The van der Waals surface area contributed by atoms with Crippen LogP contribution < -0.4 is 10.1 Å². The average molecular weight is 266 g/mol. The molecule has 104 valence electrons. The zero-order valence-corrected chi connectivity index (χ0v) is 11.1. The molecule has 6 heteroatoms. The highest BCUT2D eigenvalue weighted by molar-refractivity contribution is 5.68. The van der Waals surface area contributed by atoms with Crippen molar-refractivity contribution in [3.8, 4) is 5.75 Å². The summed E-state index contributed by atoms with van der Waals surface area (Å²) in [5, 5.41) is 14.4. The van der Waals surface area contributed by atoms with Crippen molar-refractivity contribution in [2.75, 3.05) is 18.5 Å². The van der Waals surface area contributed by atoms with Crippen LogP contribution in [0.3, 0.4) is 0 Å². The predicted octanol–water partition coefficient (Wildman–Crippen LogP) is 2.58. The third-order valence-corrected chi connectivity index (χ3v) is 3.20. The summed E-state index contributed by atoms with van der Waals surface area (Å²) in [4.78, 5) is 10.8. The summed E-state index contributed by atoms with van der Waals surface area (Å²) in [6.45, 7) is 4.84. The van der Waals surface area contributed by atoms with E-state index in [1.54, 1.807) is 25.1 Å². The lowest BCUT2D eigenvalue weighted by molar-refractivity contribution is -0.385. The smallest absolute Gasteiger partial charge is 0.333 e. The number of benzene rings is 1. The van der Waals surface area contributed by atoms with Gasteiger partial charge in [0.25, 0.3) is 0 Å². The maximum Gasteiger partial charge on any atom is 0.333 e. The predicted molar refractivity (Wildman–Crippen MR) is 71.7 cm³/mol. The lowest BCUT2D eigenvalue weighted by Crippen LogP contribution is -2.27. The minimum absolute atomic E-state index is 0.0107. The molecule has 1 aliphatic rings. The van der Waals surface area contributed by atoms with Crippen LogP contribution in [0, 0.1) is 10.1 Å². The van der Waals surface area contributed by atoms with Crippen LogP contribution in [0.25, 0.3) is 0 Å². The molecule has 0 aromatic heterocycles. The van der Waals surface area contributed by atoms with Gasteiger partial charge in [-0.05, 0) is 32.4 Å². The Bertz CT molecular complexity index is 464. The summed E-state index contributed by atoms with van der Waals surface area (Å²) in [5.74, 6) is 0.295. The molecule has 1 heterocycles. The number of hydrogen-bond donors (Lipinski definition) is 1. The van der Waals surface area contributed by atoms with Crippen molar-refractivity contribution in [2.45, 2.75) is 32.4 Å². The van der Waals surface area contributed by atoms with Crippen LogP contribution in [-0.2, 0) is 4.74 Å². The fourth-order valence-electron chi connectivity index (χ4n) is 2.22. The largest absolute Gasteiger partial charge is 0.487 e. The Hall–Kier alpha value is -1.82. The van der Waals surface area contributed by atoms with Crippen LogP contribution in [0.5, 0.6) is 5.75 Å². The number of ether oxygens (including phenoxy) is 2. The minimum atomic E-state index is -0.409. The lowest BCUT2D eigenvalue weighted by atomic mass is 10.1. The molecule has 1 aromatic carbocycles. The highest BCUT2D eigenvalue weighted by atomic mass is 16.6. The van der Waals surface area contributed by atoms with Crippen molar-refractivity contribution in [3.05, 3.63) is 28.3 Å². The number of nitrogens with zero attached hydrogens (tertiary/aromatic N) is 1. The maximum atomic E-state index is 11.2. The number of rotatable bonds is 5. The summed E-state index contributed by atoms with van der Waals surface area (Å²) in [6.07, 6.45) is 0.896. The van der Waals surface area contributed by atoms with Crippen LogP contribution in [0.2, 0.25) is 0 Å². The number of nitro benzene ring substituents is 1. The Labute approximate surface area is 111 Å². The van der Waals surface area contributed by atoms with Gasteiger partial charge in [0.05, 0.1) is 23.7 Å². The summed E-state index contributed by atoms with van der Waals surface area (Å²) in [7, 11) is 0. The first kappa shape index (κ1) is 13.6. The molecule has 0 aliphatic carbocycles. The van der Waals surface area contributed by atoms with E-state index in [1.807, 2.05) is 6.92 Å². The van der Waals surface area contributed by atoms with Crippen molar-refractivity contribution in [1.82, 2.24) is 0 Å². The molecule has 0 spiro atoms. The molecule has 0 radical (unpaired) electrons. The topological polar surface area (TPSA) is 73.6 Å². The van der Waals surface area contributed by atoms with Gasteiger partial charge in [-0.3, -0.25) is 10.1 Å². The van der Waals surface area contributed by atoms with E-state index in [1.165, 1.54) is 0 Å². The van der Waals surface area contributed by atoms with Crippen LogP contribution in [0.1, 0.15) is 20.3 Å². The van der Waals surface area contributed by atoms with Crippen LogP contribution >= 0.6 is 0 Å². The van der Waals surface area contributed by atoms with Gasteiger partial charge in [0, 0.05) is 6.61 Å². The van der Waals surface area contributed by atoms with Gasteiger partial charge in [0.1, 0.15) is 5.69 Å². The monoisotopic (exact) mass is 266 g/mol. The van der Waals surface area contributed by atoms with E-state index in [2.05, 4.69) is 5.32 Å². The summed E-state index contributed by atoms with van der Waals surface area (Å²) in [6, 6.07) is 5.16. The molecule has 6 nitrogen and oxygen atoms in total. The van der Waals surface area contributed by atoms with Crippen LogP contribution in [0.4, 0.5) is 11.4 Å². The Morgan fingerprint density at radius 1 is 1.58 bits per heavy atom. The van der Waals surface area contributed by atoms with Gasteiger partial charge in [-0.25, -0.2) is 0 Å². The standard InChI is InChI=1S/C13H18N2O4/c1-3-18-12-6-4-5-11(13(12)15(16)17)14-10-7-8-19-9(10)2/h4-6,9-10,14H,3,7-8H2,1-2H3/t9-,10-/m1/s1. The Morgan fingerprint density at radius 2 is 2.37 bits per heavy atom. The fourth-order valence-corrected chi connectivity index (χ4v) is 2.22. The van der Waals surface area contributed by atoms with Gasteiger partial charge in [0.2, 0.25) is 0 Å². The molecule has 1 fully saturated rings. The zero-order chi connectivity index (χ0) is 13.8. The first-order valence-corrected chi connectivity index (χ1v) is 6.41. The van der Waals surface area contributed by atoms with Crippen molar-refractivity contribution in [3.63, 3.8) is 0 Å². The second-order valence-electron chi connectivity index (χ2n) is 4.46. The van der Waals surface area contributed by atoms with E-state index >= 15 is 0 Å². The second kappa shape index (κ2) is 5.88. The summed E-state index contributed by atoms with van der Waals surface area (Å²) in [5.41, 5.74) is 0.474. The highest BCUT2D eigenvalue weighted by Crippen LogP contribution is 2.36. The van der Waals surface area contributed by atoms with Gasteiger partial charge in [-0.15, -0.1) is 0 Å². The van der Waals surface area contributed by atoms with Gasteiger partial charge < -0.3 is 14.8 Å². The van der Waals surface area contributed by atoms with Crippen molar-refractivity contribution in [2.24, 2.45) is 0 Å². The third-order valence-electron chi connectivity index (χ3n) is 3.20. The van der Waals surface area contributed by atoms with Crippen LogP contribution in [-0.4, -0.2) is 30.3 Å². The zero-order valence-electron chi connectivity index (χ0n) is 11.1. The molecule has 1 N–H and O–H groups in total. The lowest BCUT2D eigenvalue weighted by Gasteiger charge is -2.18. The molecule has 0 unspecified atom stereocenters. The Balaban J connectivity index is 2.28. The molecule has 0 saturated carbocycles. The van der Waals surface area contributed by atoms with Gasteiger partial charge >= 0.3 is 5.69 Å². The molecule has 19 heavy (non-hydrogen) atoms. The highest BCUT2D eigenvalue weighted by Gasteiger charge is 2.28. The third kappa shape index (κ3) is 2.96. The van der Waals surface area contributed by atoms with E-state index in [0.717, 1.165) is 6.42 Å². The Morgan fingerprint density at radius 3 is 2.95 bits per heavy atom. The number of para-hydroxylation sites is 1. The molecule has 0 amide bonds. The normalized spacial score (nSPS) is 22.2. The Kier molecular flexibility index (Phi) is 4.21. The van der Waals surface area contributed by atoms with E-state index < -0.39 is 4.92 Å². The number of anilines is 1. The van der Waals surface area contributed by atoms with E-state index in [4.69, 9.17) is 9.47 Å². The van der Waals surface area contributed by atoms with Gasteiger partial charge in [-0.2, -0.15) is 0 Å². The van der Waals surface area contributed by atoms with E-state index in [9.17, 15) is 10.1 Å². The molecule has 1 aliphatic heterocycles. The SMILES string of the molecule is CCOc1cccc(N[C@@H]2CCO[C@@H]2C)c1[N+](=O)[O-].